The smallest absolute Gasteiger partial charge is 0.409 e. The van der Waals surface area contributed by atoms with E-state index < -0.39 is 0 Å². The SMILES string of the molecule is CCOC(=O)N1CCN(C(=O)Cc2c(C)nn(-c3nc(-c4ccc(F)cc4)cs3)c2C)CC1. The molecule has 2 amide bonds. The van der Waals surface area contributed by atoms with Crippen LogP contribution >= 0.6 is 11.3 Å². The number of hydrogen-bond acceptors (Lipinski definition) is 6. The first kappa shape index (κ1) is 22.9. The maximum absolute atomic E-state index is 13.2. The van der Waals surface area contributed by atoms with Gasteiger partial charge in [-0.05, 0) is 45.0 Å². The minimum absolute atomic E-state index is 0.00963. The first-order valence-corrected chi connectivity index (χ1v) is 11.7. The summed E-state index contributed by atoms with van der Waals surface area (Å²) in [5, 5.41) is 7.22. The molecule has 3 heterocycles. The van der Waals surface area contributed by atoms with E-state index in [1.807, 2.05) is 19.2 Å². The Kier molecular flexibility index (Phi) is 6.73. The molecule has 8 nitrogen and oxygen atoms in total. The molecule has 1 saturated heterocycles. The Balaban J connectivity index is 1.45. The molecule has 0 atom stereocenters. The highest BCUT2D eigenvalue weighted by Crippen LogP contribution is 2.26. The lowest BCUT2D eigenvalue weighted by Gasteiger charge is -2.34. The van der Waals surface area contributed by atoms with Gasteiger partial charge >= 0.3 is 6.09 Å². The van der Waals surface area contributed by atoms with Gasteiger partial charge < -0.3 is 14.5 Å². The fourth-order valence-corrected chi connectivity index (χ4v) is 4.68. The number of ether oxygens (including phenoxy) is 1. The summed E-state index contributed by atoms with van der Waals surface area (Å²) >= 11 is 1.44. The number of piperazine rings is 1. The van der Waals surface area contributed by atoms with Gasteiger partial charge in [0, 0.05) is 48.4 Å². The normalized spacial score (nSPS) is 13.9. The second-order valence-electron chi connectivity index (χ2n) is 7.83. The summed E-state index contributed by atoms with van der Waals surface area (Å²) in [6.45, 7) is 7.83. The second kappa shape index (κ2) is 9.70. The number of hydrogen-bond donors (Lipinski definition) is 0. The molecule has 3 aromatic rings. The minimum atomic E-state index is -0.332. The first-order chi connectivity index (χ1) is 15.9. The summed E-state index contributed by atoms with van der Waals surface area (Å²) in [7, 11) is 0. The first-order valence-electron chi connectivity index (χ1n) is 10.8. The van der Waals surface area contributed by atoms with E-state index in [1.165, 1.54) is 23.5 Å². The van der Waals surface area contributed by atoms with Gasteiger partial charge in [-0.2, -0.15) is 5.10 Å². The summed E-state index contributed by atoms with van der Waals surface area (Å²) in [4.78, 5) is 32.9. The molecule has 33 heavy (non-hydrogen) atoms. The van der Waals surface area contributed by atoms with Crippen LogP contribution in [-0.4, -0.2) is 69.4 Å². The third-order valence-corrected chi connectivity index (χ3v) is 6.56. The van der Waals surface area contributed by atoms with E-state index in [-0.39, 0.29) is 24.2 Å². The van der Waals surface area contributed by atoms with Crippen LogP contribution < -0.4 is 0 Å². The number of halogens is 1. The van der Waals surface area contributed by atoms with Crippen LogP contribution in [0.4, 0.5) is 9.18 Å². The molecule has 4 rings (SSSR count). The van der Waals surface area contributed by atoms with Crippen molar-refractivity contribution in [2.24, 2.45) is 0 Å². The Labute approximate surface area is 195 Å². The van der Waals surface area contributed by atoms with Gasteiger partial charge in [0.25, 0.3) is 0 Å². The van der Waals surface area contributed by atoms with E-state index in [1.54, 1.807) is 33.5 Å². The van der Waals surface area contributed by atoms with E-state index in [0.29, 0.717) is 37.9 Å². The molecular weight excluding hydrogens is 445 g/mol. The van der Waals surface area contributed by atoms with Crippen LogP contribution in [0.15, 0.2) is 29.6 Å². The van der Waals surface area contributed by atoms with Crippen molar-refractivity contribution in [2.75, 3.05) is 32.8 Å². The Bertz CT molecular complexity index is 1150. The number of aromatic nitrogens is 3. The van der Waals surface area contributed by atoms with Gasteiger partial charge in [0.15, 0.2) is 0 Å². The standard InChI is InChI=1S/C23H26FN5O3S/c1-4-32-23(31)28-11-9-27(10-12-28)21(30)13-19-15(2)26-29(16(19)3)22-25-20(14-33-22)17-5-7-18(24)8-6-17/h5-8,14H,4,9-13H2,1-3H3. The molecule has 0 saturated carbocycles. The number of rotatable bonds is 5. The van der Waals surface area contributed by atoms with Crippen molar-refractivity contribution in [3.8, 4) is 16.4 Å². The van der Waals surface area contributed by atoms with Crippen LogP contribution in [0.2, 0.25) is 0 Å². The summed E-state index contributed by atoms with van der Waals surface area (Å²) in [5.74, 6) is -0.278. The topological polar surface area (TPSA) is 80.6 Å². The minimum Gasteiger partial charge on any atom is -0.450 e. The molecule has 0 N–H and O–H groups in total. The summed E-state index contributed by atoms with van der Waals surface area (Å²) in [6.07, 6.45) is -0.0891. The number of nitrogens with zero attached hydrogens (tertiary/aromatic N) is 5. The van der Waals surface area contributed by atoms with Gasteiger partial charge in [-0.15, -0.1) is 11.3 Å². The van der Waals surface area contributed by atoms with E-state index in [0.717, 1.165) is 28.2 Å². The molecule has 1 fully saturated rings. The van der Waals surface area contributed by atoms with Gasteiger partial charge in [0.05, 0.1) is 24.4 Å². The van der Waals surface area contributed by atoms with Crippen molar-refractivity contribution < 1.29 is 18.7 Å². The largest absolute Gasteiger partial charge is 0.450 e. The lowest BCUT2D eigenvalue weighted by molar-refractivity contribution is -0.132. The van der Waals surface area contributed by atoms with Gasteiger partial charge in [-0.25, -0.2) is 18.9 Å². The predicted octanol–water partition coefficient (Wildman–Crippen LogP) is 3.59. The number of thiazole rings is 1. The summed E-state index contributed by atoms with van der Waals surface area (Å²) in [6, 6.07) is 6.21. The molecule has 1 aliphatic rings. The molecule has 2 aromatic heterocycles. The third-order valence-electron chi connectivity index (χ3n) is 5.74. The molecule has 0 unspecified atom stereocenters. The number of aryl methyl sites for hydroxylation is 1. The van der Waals surface area contributed by atoms with Crippen LogP contribution in [0.1, 0.15) is 23.9 Å². The Morgan fingerprint density at radius 3 is 2.42 bits per heavy atom. The Hall–Kier alpha value is -3.27. The highest BCUT2D eigenvalue weighted by molar-refractivity contribution is 7.12. The molecule has 10 heteroatoms. The average Bonchev–Trinajstić information content (AvgIpc) is 3.40. The molecule has 0 radical (unpaired) electrons. The van der Waals surface area contributed by atoms with Crippen molar-refractivity contribution >= 4 is 23.3 Å². The zero-order valence-corrected chi connectivity index (χ0v) is 19.7. The van der Waals surface area contributed by atoms with E-state index >= 15 is 0 Å². The molecular formula is C23H26FN5O3S. The molecule has 174 valence electrons. The molecule has 0 bridgehead atoms. The third kappa shape index (κ3) is 4.90. The van der Waals surface area contributed by atoms with Gasteiger partial charge in [0.2, 0.25) is 11.0 Å². The Morgan fingerprint density at radius 2 is 1.76 bits per heavy atom. The maximum atomic E-state index is 13.2. The van der Waals surface area contributed by atoms with Crippen LogP contribution in [0.5, 0.6) is 0 Å². The van der Waals surface area contributed by atoms with E-state index in [9.17, 15) is 14.0 Å². The van der Waals surface area contributed by atoms with E-state index in [2.05, 4.69) is 10.1 Å². The maximum Gasteiger partial charge on any atom is 0.409 e. The zero-order valence-electron chi connectivity index (χ0n) is 18.9. The highest BCUT2D eigenvalue weighted by Gasteiger charge is 2.26. The molecule has 0 spiro atoms. The number of carbonyl (C=O) groups excluding carboxylic acids is 2. The quantitative estimate of drug-likeness (QED) is 0.568. The monoisotopic (exact) mass is 471 g/mol. The second-order valence-corrected chi connectivity index (χ2v) is 8.66. The Morgan fingerprint density at radius 1 is 1.09 bits per heavy atom. The van der Waals surface area contributed by atoms with Crippen molar-refractivity contribution in [1.82, 2.24) is 24.6 Å². The van der Waals surface area contributed by atoms with Gasteiger partial charge in [0.1, 0.15) is 5.82 Å². The molecule has 1 aromatic carbocycles. The number of carbonyl (C=O) groups is 2. The van der Waals surface area contributed by atoms with Crippen molar-refractivity contribution in [3.63, 3.8) is 0 Å². The lowest BCUT2D eigenvalue weighted by Crippen LogP contribution is -2.51. The van der Waals surface area contributed by atoms with Crippen LogP contribution in [0.25, 0.3) is 16.4 Å². The van der Waals surface area contributed by atoms with Crippen molar-refractivity contribution in [1.29, 1.82) is 0 Å². The zero-order chi connectivity index (χ0) is 23.5. The fraction of sp³-hybridized carbons (Fsp3) is 0.391. The predicted molar refractivity (Wildman–Crippen MR) is 123 cm³/mol. The summed E-state index contributed by atoms with van der Waals surface area (Å²) < 4.78 is 20.0. The highest BCUT2D eigenvalue weighted by atomic mass is 32.1. The number of benzene rings is 1. The van der Waals surface area contributed by atoms with Gasteiger partial charge in [-0.1, -0.05) is 0 Å². The van der Waals surface area contributed by atoms with Crippen LogP contribution in [0.3, 0.4) is 0 Å². The summed E-state index contributed by atoms with van der Waals surface area (Å²) in [5.41, 5.74) is 4.11. The molecule has 1 aliphatic heterocycles. The van der Waals surface area contributed by atoms with Crippen LogP contribution in [0, 0.1) is 19.7 Å². The van der Waals surface area contributed by atoms with E-state index in [4.69, 9.17) is 4.74 Å². The van der Waals surface area contributed by atoms with Crippen LogP contribution in [-0.2, 0) is 16.0 Å². The van der Waals surface area contributed by atoms with Crippen molar-refractivity contribution in [3.05, 3.63) is 52.4 Å². The average molecular weight is 472 g/mol. The molecule has 0 aliphatic carbocycles. The fourth-order valence-electron chi connectivity index (χ4n) is 3.85. The lowest BCUT2D eigenvalue weighted by atomic mass is 10.1. The van der Waals surface area contributed by atoms with Gasteiger partial charge in [-0.3, -0.25) is 4.79 Å². The van der Waals surface area contributed by atoms with Crippen molar-refractivity contribution in [2.45, 2.75) is 27.2 Å². The number of amides is 2.